The number of Topliss-reactive ketones (excluding diaryl/α,β-unsaturated/α-hetero) is 1. The number of nitriles is 1. The van der Waals surface area contributed by atoms with Crippen LogP contribution in [0.5, 0.6) is 0 Å². The van der Waals surface area contributed by atoms with Crippen molar-refractivity contribution in [2.24, 2.45) is 11.8 Å². The molecule has 2 aromatic rings. The van der Waals surface area contributed by atoms with Gasteiger partial charge in [0.15, 0.2) is 5.78 Å². The summed E-state index contributed by atoms with van der Waals surface area (Å²) < 4.78 is 0. The van der Waals surface area contributed by atoms with Gasteiger partial charge in [-0.25, -0.2) is 0 Å². The Hall–Kier alpha value is -3.46. The van der Waals surface area contributed by atoms with Crippen molar-refractivity contribution in [3.05, 3.63) is 59.7 Å². The summed E-state index contributed by atoms with van der Waals surface area (Å²) in [6.45, 7) is 1.50. The van der Waals surface area contributed by atoms with Gasteiger partial charge in [0.05, 0.1) is 11.3 Å². The van der Waals surface area contributed by atoms with E-state index in [9.17, 15) is 14.4 Å². The smallest absolute Gasteiger partial charge is 0.227 e. The maximum Gasteiger partial charge on any atom is 0.227 e. The fourth-order valence-corrected chi connectivity index (χ4v) is 3.57. The van der Waals surface area contributed by atoms with E-state index in [-0.39, 0.29) is 29.4 Å². The molecule has 1 fully saturated rings. The van der Waals surface area contributed by atoms with E-state index in [0.29, 0.717) is 48.2 Å². The van der Waals surface area contributed by atoms with E-state index in [2.05, 4.69) is 16.7 Å². The maximum atomic E-state index is 12.5. The molecule has 2 N–H and O–H groups in total. The molecule has 1 aliphatic rings. The Morgan fingerprint density at radius 3 is 1.97 bits per heavy atom. The number of benzene rings is 2. The van der Waals surface area contributed by atoms with Gasteiger partial charge in [-0.15, -0.1) is 0 Å². The number of hydrogen-bond acceptors (Lipinski definition) is 4. The lowest BCUT2D eigenvalue weighted by Crippen LogP contribution is -2.32. The van der Waals surface area contributed by atoms with Crippen molar-refractivity contribution in [3.63, 3.8) is 0 Å². The normalized spacial score (nSPS) is 18.3. The van der Waals surface area contributed by atoms with Crippen molar-refractivity contribution in [3.8, 4) is 6.07 Å². The van der Waals surface area contributed by atoms with Crippen molar-refractivity contribution in [1.29, 1.82) is 5.26 Å². The zero-order valence-electron chi connectivity index (χ0n) is 16.3. The van der Waals surface area contributed by atoms with Crippen LogP contribution in [-0.2, 0) is 9.59 Å². The van der Waals surface area contributed by atoms with Gasteiger partial charge in [0, 0.05) is 23.1 Å². The lowest BCUT2D eigenvalue weighted by molar-refractivity contribution is -0.125. The minimum absolute atomic E-state index is 0.0168. The highest BCUT2D eigenvalue weighted by atomic mass is 16.2. The lowest BCUT2D eigenvalue weighted by Gasteiger charge is -2.27. The summed E-state index contributed by atoms with van der Waals surface area (Å²) in [5, 5.41) is 14.9. The molecule has 0 atom stereocenters. The molecule has 6 nitrogen and oxygen atoms in total. The predicted molar refractivity (Wildman–Crippen MR) is 110 cm³/mol. The second-order valence-corrected chi connectivity index (χ2v) is 7.32. The number of carbonyl (C=O) groups excluding carboxylic acids is 3. The number of nitrogens with zero attached hydrogens (tertiary/aromatic N) is 1. The molecule has 1 saturated carbocycles. The highest BCUT2D eigenvalue weighted by molar-refractivity contribution is 5.96. The molecule has 0 unspecified atom stereocenters. The topological polar surface area (TPSA) is 99.1 Å². The van der Waals surface area contributed by atoms with Gasteiger partial charge in [0.25, 0.3) is 0 Å². The first-order chi connectivity index (χ1) is 14.0. The van der Waals surface area contributed by atoms with Crippen LogP contribution in [0.15, 0.2) is 48.5 Å². The van der Waals surface area contributed by atoms with E-state index in [1.54, 1.807) is 48.5 Å². The Labute approximate surface area is 169 Å². The molecule has 1 aliphatic carbocycles. The summed E-state index contributed by atoms with van der Waals surface area (Å²) in [4.78, 5) is 36.4. The molecule has 0 aromatic heterocycles. The first kappa shape index (κ1) is 20.3. The Morgan fingerprint density at radius 2 is 1.41 bits per heavy atom. The summed E-state index contributed by atoms with van der Waals surface area (Å²) in [6, 6.07) is 15.8. The van der Waals surface area contributed by atoms with E-state index in [1.165, 1.54) is 6.92 Å². The molecule has 3 rings (SSSR count). The molecule has 0 bridgehead atoms. The van der Waals surface area contributed by atoms with Gasteiger partial charge in [-0.1, -0.05) is 12.1 Å². The number of carbonyl (C=O) groups is 3. The van der Waals surface area contributed by atoms with Crippen molar-refractivity contribution >= 4 is 29.0 Å². The molecule has 0 saturated heterocycles. The standard InChI is InChI=1S/C23H23N3O3/c1-15(27)16-10-12-20(13-11-16)25-22(28)17-6-8-18(9-7-17)23(29)26-21-5-3-2-4-19(21)14-24/h2-5,10-13,17-18H,6-9H2,1H3,(H,25,28)(H,26,29). The summed E-state index contributed by atoms with van der Waals surface area (Å²) in [5.41, 5.74) is 2.22. The van der Waals surface area contributed by atoms with Crippen LogP contribution in [0.1, 0.15) is 48.5 Å². The molecular formula is C23H23N3O3. The number of hydrogen-bond donors (Lipinski definition) is 2. The van der Waals surface area contributed by atoms with Crippen LogP contribution in [0.2, 0.25) is 0 Å². The van der Waals surface area contributed by atoms with Crippen LogP contribution >= 0.6 is 0 Å². The molecule has 0 heterocycles. The lowest BCUT2D eigenvalue weighted by atomic mass is 9.81. The van der Waals surface area contributed by atoms with E-state index >= 15 is 0 Å². The van der Waals surface area contributed by atoms with Crippen LogP contribution in [0.3, 0.4) is 0 Å². The third-order valence-corrected chi connectivity index (χ3v) is 5.33. The fraction of sp³-hybridized carbons (Fsp3) is 0.304. The highest BCUT2D eigenvalue weighted by Crippen LogP contribution is 2.31. The van der Waals surface area contributed by atoms with Crippen LogP contribution in [0.25, 0.3) is 0 Å². The van der Waals surface area contributed by atoms with Crippen LogP contribution in [-0.4, -0.2) is 17.6 Å². The van der Waals surface area contributed by atoms with Gasteiger partial charge in [-0.3, -0.25) is 14.4 Å². The molecule has 2 amide bonds. The van der Waals surface area contributed by atoms with E-state index in [4.69, 9.17) is 5.26 Å². The van der Waals surface area contributed by atoms with Gasteiger partial charge in [0.2, 0.25) is 11.8 Å². The minimum Gasteiger partial charge on any atom is -0.326 e. The summed E-state index contributed by atoms with van der Waals surface area (Å²) >= 11 is 0. The number of ketones is 1. The summed E-state index contributed by atoms with van der Waals surface area (Å²) in [6.07, 6.45) is 2.52. The molecule has 0 spiro atoms. The number of para-hydroxylation sites is 1. The zero-order valence-corrected chi connectivity index (χ0v) is 16.3. The maximum absolute atomic E-state index is 12.5. The van der Waals surface area contributed by atoms with E-state index in [0.717, 1.165) is 0 Å². The number of anilines is 2. The Balaban J connectivity index is 1.51. The monoisotopic (exact) mass is 389 g/mol. The van der Waals surface area contributed by atoms with Crippen molar-refractivity contribution in [1.82, 2.24) is 0 Å². The third kappa shape index (κ3) is 5.08. The number of amides is 2. The highest BCUT2D eigenvalue weighted by Gasteiger charge is 2.30. The molecule has 0 radical (unpaired) electrons. The molecular weight excluding hydrogens is 366 g/mol. The Bertz CT molecular complexity index is 952. The van der Waals surface area contributed by atoms with Gasteiger partial charge < -0.3 is 10.6 Å². The van der Waals surface area contributed by atoms with Gasteiger partial charge in [-0.05, 0) is 69.0 Å². The van der Waals surface area contributed by atoms with Crippen molar-refractivity contribution in [2.45, 2.75) is 32.6 Å². The number of nitrogens with one attached hydrogen (secondary N) is 2. The van der Waals surface area contributed by atoms with E-state index in [1.807, 2.05) is 0 Å². The zero-order chi connectivity index (χ0) is 20.8. The Morgan fingerprint density at radius 1 is 0.862 bits per heavy atom. The molecule has 6 heteroatoms. The van der Waals surface area contributed by atoms with Crippen LogP contribution in [0.4, 0.5) is 11.4 Å². The molecule has 148 valence electrons. The fourth-order valence-electron chi connectivity index (χ4n) is 3.57. The number of rotatable bonds is 5. The summed E-state index contributed by atoms with van der Waals surface area (Å²) in [5.74, 6) is -0.490. The van der Waals surface area contributed by atoms with Crippen LogP contribution in [0, 0.1) is 23.2 Å². The summed E-state index contributed by atoms with van der Waals surface area (Å²) in [7, 11) is 0. The average Bonchev–Trinajstić information content (AvgIpc) is 2.74. The second kappa shape index (κ2) is 9.16. The minimum atomic E-state index is -0.166. The average molecular weight is 389 g/mol. The van der Waals surface area contributed by atoms with Crippen molar-refractivity contribution < 1.29 is 14.4 Å². The molecule has 0 aliphatic heterocycles. The van der Waals surface area contributed by atoms with Crippen molar-refractivity contribution in [2.75, 3.05) is 10.6 Å². The van der Waals surface area contributed by atoms with Gasteiger partial charge in [-0.2, -0.15) is 5.26 Å². The first-order valence-electron chi connectivity index (χ1n) is 9.70. The molecule has 29 heavy (non-hydrogen) atoms. The van der Waals surface area contributed by atoms with Gasteiger partial charge in [0.1, 0.15) is 6.07 Å². The SMILES string of the molecule is CC(=O)c1ccc(NC(=O)C2CCC(C(=O)Nc3ccccc3C#N)CC2)cc1. The quantitative estimate of drug-likeness (QED) is 0.751. The largest absolute Gasteiger partial charge is 0.326 e. The third-order valence-electron chi connectivity index (χ3n) is 5.33. The second-order valence-electron chi connectivity index (χ2n) is 7.32. The van der Waals surface area contributed by atoms with E-state index < -0.39 is 0 Å². The van der Waals surface area contributed by atoms with Gasteiger partial charge >= 0.3 is 0 Å². The Kier molecular flexibility index (Phi) is 6.40. The first-order valence-corrected chi connectivity index (χ1v) is 9.70. The molecule has 2 aromatic carbocycles. The van der Waals surface area contributed by atoms with Crippen LogP contribution < -0.4 is 10.6 Å². The predicted octanol–water partition coefficient (Wildman–Crippen LogP) is 4.14.